The first-order chi connectivity index (χ1) is 16.7. The summed E-state index contributed by atoms with van der Waals surface area (Å²) in [6.07, 6.45) is 3.71. The van der Waals surface area contributed by atoms with Crippen LogP contribution in [0.1, 0.15) is 36.5 Å². The zero-order valence-corrected chi connectivity index (χ0v) is 20.5. The minimum Gasteiger partial charge on any atom is -0.508 e. The van der Waals surface area contributed by atoms with Crippen LogP contribution in [0.15, 0.2) is 83.8 Å². The Hall–Kier alpha value is -2.47. The van der Waals surface area contributed by atoms with Crippen LogP contribution in [0, 0.1) is 0 Å². The smallest absolute Gasteiger partial charge is 0.115 e. The number of phenols is 1. The van der Waals surface area contributed by atoms with Gasteiger partial charge in [-0.1, -0.05) is 48.5 Å². The van der Waals surface area contributed by atoms with Crippen LogP contribution in [0.2, 0.25) is 0 Å². The molecule has 0 amide bonds. The highest BCUT2D eigenvalue weighted by atomic mass is 32.2. The van der Waals surface area contributed by atoms with Gasteiger partial charge in [-0.05, 0) is 67.3 Å². The van der Waals surface area contributed by atoms with E-state index in [1.807, 2.05) is 23.9 Å². The van der Waals surface area contributed by atoms with Crippen LogP contribution in [0.3, 0.4) is 0 Å². The van der Waals surface area contributed by atoms with Gasteiger partial charge < -0.3 is 14.7 Å². The second kappa shape index (κ2) is 11.3. The van der Waals surface area contributed by atoms with Crippen molar-refractivity contribution in [3.63, 3.8) is 0 Å². The minimum atomic E-state index is 0.177. The van der Waals surface area contributed by atoms with Crippen molar-refractivity contribution in [1.29, 1.82) is 0 Å². The van der Waals surface area contributed by atoms with E-state index in [9.17, 15) is 5.11 Å². The van der Waals surface area contributed by atoms with Gasteiger partial charge in [0.25, 0.3) is 0 Å². The van der Waals surface area contributed by atoms with Crippen molar-refractivity contribution in [1.82, 2.24) is 4.90 Å². The highest BCUT2D eigenvalue weighted by Crippen LogP contribution is 2.44. The molecule has 3 aromatic carbocycles. The van der Waals surface area contributed by atoms with Gasteiger partial charge >= 0.3 is 0 Å². The second-order valence-corrected chi connectivity index (χ2v) is 10.6. The number of fused-ring (bicyclic) bond motifs is 1. The zero-order valence-electron chi connectivity index (χ0n) is 19.7. The third-order valence-corrected chi connectivity index (χ3v) is 8.31. The van der Waals surface area contributed by atoms with E-state index >= 15 is 0 Å². The summed E-state index contributed by atoms with van der Waals surface area (Å²) >= 11 is 2.04. The predicted octanol–water partition coefficient (Wildman–Crippen LogP) is 6.12. The molecule has 0 spiro atoms. The molecule has 1 fully saturated rings. The predicted molar refractivity (Wildman–Crippen MR) is 141 cm³/mol. The summed E-state index contributed by atoms with van der Waals surface area (Å²) in [4.78, 5) is 6.40. The molecule has 5 heteroatoms. The molecule has 2 unspecified atom stereocenters. The zero-order chi connectivity index (χ0) is 23.2. The quantitative estimate of drug-likeness (QED) is 0.426. The Kier molecular flexibility index (Phi) is 7.74. The van der Waals surface area contributed by atoms with Gasteiger partial charge in [-0.15, -0.1) is 11.8 Å². The molecule has 178 valence electrons. The van der Waals surface area contributed by atoms with Crippen LogP contribution >= 0.6 is 11.8 Å². The fraction of sp³-hybridized carbons (Fsp3) is 0.379. The first-order valence-electron chi connectivity index (χ1n) is 12.4. The van der Waals surface area contributed by atoms with Crippen molar-refractivity contribution in [2.75, 3.05) is 37.6 Å². The fourth-order valence-corrected chi connectivity index (χ4v) is 6.40. The van der Waals surface area contributed by atoms with Crippen molar-refractivity contribution in [3.05, 3.63) is 90.0 Å². The number of aromatic hydroxyl groups is 1. The molecule has 34 heavy (non-hydrogen) atoms. The Bertz CT molecular complexity index is 1040. The summed E-state index contributed by atoms with van der Waals surface area (Å²) in [5.41, 5.74) is 3.79. The van der Waals surface area contributed by atoms with Crippen LogP contribution in [0.5, 0.6) is 5.75 Å². The van der Waals surface area contributed by atoms with Crippen LogP contribution in [-0.2, 0) is 11.3 Å². The lowest BCUT2D eigenvalue weighted by atomic mass is 10.0. The fourth-order valence-electron chi connectivity index (χ4n) is 4.99. The summed E-state index contributed by atoms with van der Waals surface area (Å²) in [5, 5.41) is 10.1. The van der Waals surface area contributed by atoms with Crippen LogP contribution in [0.4, 0.5) is 5.69 Å². The summed E-state index contributed by atoms with van der Waals surface area (Å²) in [7, 11) is 0. The number of rotatable bonds is 8. The molecule has 1 N–H and O–H groups in total. The van der Waals surface area contributed by atoms with E-state index in [2.05, 4.69) is 64.4 Å². The Labute approximate surface area is 207 Å². The van der Waals surface area contributed by atoms with Gasteiger partial charge in [0, 0.05) is 42.0 Å². The van der Waals surface area contributed by atoms with Crippen LogP contribution < -0.4 is 4.90 Å². The van der Waals surface area contributed by atoms with Crippen molar-refractivity contribution in [3.8, 4) is 5.75 Å². The number of hydrogen-bond donors (Lipinski definition) is 1. The number of anilines is 1. The molecule has 5 rings (SSSR count). The number of phenolic OH excluding ortho intramolecular Hbond substituents is 1. The van der Waals surface area contributed by atoms with Gasteiger partial charge in [0.15, 0.2) is 0 Å². The maximum Gasteiger partial charge on any atom is 0.115 e. The number of thioether (sulfide) groups is 1. The summed E-state index contributed by atoms with van der Waals surface area (Å²) in [6.45, 7) is 6.13. The van der Waals surface area contributed by atoms with Crippen molar-refractivity contribution >= 4 is 17.4 Å². The maximum atomic E-state index is 9.52. The minimum absolute atomic E-state index is 0.177. The third-order valence-electron chi connectivity index (χ3n) is 6.92. The topological polar surface area (TPSA) is 35.9 Å². The number of benzene rings is 3. The third kappa shape index (κ3) is 5.96. The van der Waals surface area contributed by atoms with E-state index in [4.69, 9.17) is 4.74 Å². The highest BCUT2D eigenvalue weighted by Gasteiger charge is 2.28. The Balaban J connectivity index is 1.10. The molecule has 0 radical (unpaired) electrons. The van der Waals surface area contributed by atoms with Crippen LogP contribution in [0.25, 0.3) is 0 Å². The lowest BCUT2D eigenvalue weighted by molar-refractivity contribution is 0.0299. The summed E-state index contributed by atoms with van der Waals surface area (Å²) in [5.74, 6) is 0.332. The Morgan fingerprint density at radius 1 is 0.853 bits per heavy atom. The number of piperazine rings is 1. The first-order valence-corrected chi connectivity index (χ1v) is 13.3. The van der Waals surface area contributed by atoms with E-state index in [0.717, 1.165) is 39.1 Å². The molecular formula is C29H34N2O2S. The molecule has 4 nitrogen and oxygen atoms in total. The van der Waals surface area contributed by atoms with Crippen molar-refractivity contribution in [2.45, 2.75) is 42.1 Å². The Morgan fingerprint density at radius 3 is 2.38 bits per heavy atom. The van der Waals surface area contributed by atoms with Crippen molar-refractivity contribution < 1.29 is 9.84 Å². The molecule has 2 aliphatic heterocycles. The highest BCUT2D eigenvalue weighted by molar-refractivity contribution is 8.00. The van der Waals surface area contributed by atoms with Gasteiger partial charge in [-0.3, -0.25) is 4.90 Å². The number of ether oxygens (including phenoxy) is 1. The van der Waals surface area contributed by atoms with Gasteiger partial charge in [-0.2, -0.15) is 0 Å². The van der Waals surface area contributed by atoms with Crippen LogP contribution in [-0.4, -0.2) is 48.0 Å². The average Bonchev–Trinajstić information content (AvgIpc) is 2.89. The molecule has 2 atom stereocenters. The molecule has 0 aliphatic carbocycles. The molecule has 0 aromatic heterocycles. The molecule has 2 aliphatic rings. The monoisotopic (exact) mass is 474 g/mol. The molecular weight excluding hydrogens is 440 g/mol. The SMILES string of the molecule is Oc1ccc(N2CCN(CCCC3CC(OCc4ccccc4)c4ccccc4S3)CC2)cc1. The molecule has 0 bridgehead atoms. The normalized spacial score (nSPS) is 20.8. The van der Waals surface area contributed by atoms with Crippen molar-refractivity contribution in [2.24, 2.45) is 0 Å². The molecule has 1 saturated heterocycles. The largest absolute Gasteiger partial charge is 0.508 e. The number of hydrogen-bond acceptors (Lipinski definition) is 5. The van der Waals surface area contributed by atoms with Gasteiger partial charge in [0.2, 0.25) is 0 Å². The Morgan fingerprint density at radius 2 is 1.59 bits per heavy atom. The second-order valence-electron chi connectivity index (χ2n) is 9.29. The van der Waals surface area contributed by atoms with Gasteiger partial charge in [-0.25, -0.2) is 0 Å². The average molecular weight is 475 g/mol. The van der Waals surface area contributed by atoms with E-state index in [1.54, 1.807) is 12.1 Å². The maximum absolute atomic E-state index is 9.52. The van der Waals surface area contributed by atoms with Gasteiger partial charge in [0.1, 0.15) is 5.75 Å². The summed E-state index contributed by atoms with van der Waals surface area (Å²) in [6, 6.07) is 26.9. The standard InChI is InChI=1S/C29H34N2O2S/c32-25-14-12-24(13-15-25)31-19-17-30(18-20-31)16-6-9-26-21-28(27-10-4-5-11-29(27)34-26)33-22-23-7-2-1-3-8-23/h1-5,7-8,10-15,26,28,32H,6,9,16-22H2. The van der Waals surface area contributed by atoms with E-state index in [-0.39, 0.29) is 6.10 Å². The number of nitrogens with zero attached hydrogens (tertiary/aromatic N) is 2. The molecule has 0 saturated carbocycles. The lowest BCUT2D eigenvalue weighted by Crippen LogP contribution is -2.46. The van der Waals surface area contributed by atoms with E-state index in [0.29, 0.717) is 17.6 Å². The van der Waals surface area contributed by atoms with E-state index in [1.165, 1.54) is 34.6 Å². The van der Waals surface area contributed by atoms with Gasteiger partial charge in [0.05, 0.1) is 12.7 Å². The lowest BCUT2D eigenvalue weighted by Gasteiger charge is -2.36. The molecule has 2 heterocycles. The summed E-state index contributed by atoms with van der Waals surface area (Å²) < 4.78 is 6.44. The first kappa shape index (κ1) is 23.3. The van der Waals surface area contributed by atoms with E-state index < -0.39 is 0 Å². The molecule has 3 aromatic rings.